The maximum atomic E-state index is 5.69. The number of nitrogen functional groups attached to an aromatic ring is 1. The molecule has 0 saturated carbocycles. The normalized spacial score (nSPS) is 17.3. The van der Waals surface area contributed by atoms with E-state index in [4.69, 9.17) is 20.4 Å². The monoisotopic (exact) mass is 383 g/mol. The molecular formula is C20H29N7O. The summed E-state index contributed by atoms with van der Waals surface area (Å²) < 4.78 is 5.51. The molecule has 2 aromatic rings. The Hall–Kier alpha value is -2.48. The van der Waals surface area contributed by atoms with Gasteiger partial charge >= 0.3 is 0 Å². The number of hydrogen-bond acceptors (Lipinski definition) is 8. The minimum Gasteiger partial charge on any atom is -0.378 e. The highest BCUT2D eigenvalue weighted by atomic mass is 16.5. The minimum atomic E-state index is -0.00321. The van der Waals surface area contributed by atoms with E-state index in [1.54, 1.807) is 12.4 Å². The van der Waals surface area contributed by atoms with Crippen molar-refractivity contribution in [3.63, 3.8) is 0 Å². The second-order valence-electron chi connectivity index (χ2n) is 8.31. The molecule has 0 aromatic carbocycles. The van der Waals surface area contributed by atoms with E-state index in [0.29, 0.717) is 19.1 Å². The fourth-order valence-corrected chi connectivity index (χ4v) is 3.72. The Morgan fingerprint density at radius 3 is 2.39 bits per heavy atom. The van der Waals surface area contributed by atoms with Crippen LogP contribution in [-0.2, 0) is 11.2 Å². The predicted octanol–water partition coefficient (Wildman–Crippen LogP) is 2.15. The molecule has 2 aromatic heterocycles. The van der Waals surface area contributed by atoms with E-state index < -0.39 is 0 Å². The summed E-state index contributed by atoms with van der Waals surface area (Å²) in [6.45, 7) is 13.0. The van der Waals surface area contributed by atoms with Crippen molar-refractivity contribution in [2.75, 3.05) is 48.4 Å². The Kier molecular flexibility index (Phi) is 4.82. The lowest BCUT2D eigenvalue weighted by Crippen LogP contribution is -2.47. The lowest BCUT2D eigenvalue weighted by molar-refractivity contribution is 0.122. The van der Waals surface area contributed by atoms with Gasteiger partial charge in [-0.3, -0.25) is 0 Å². The Morgan fingerprint density at radius 1 is 1.07 bits per heavy atom. The van der Waals surface area contributed by atoms with Gasteiger partial charge in [-0.05, 0) is 26.2 Å². The Morgan fingerprint density at radius 2 is 1.75 bits per heavy atom. The highest BCUT2D eigenvalue weighted by molar-refractivity contribution is 5.73. The van der Waals surface area contributed by atoms with Gasteiger partial charge in [-0.2, -0.15) is 4.98 Å². The molecule has 0 spiro atoms. The van der Waals surface area contributed by atoms with Gasteiger partial charge in [-0.25, -0.2) is 15.0 Å². The Balaban J connectivity index is 1.84. The highest BCUT2D eigenvalue weighted by Gasteiger charge is 2.38. The van der Waals surface area contributed by atoms with E-state index in [2.05, 4.69) is 47.5 Å². The minimum absolute atomic E-state index is 0.00321. The third-order valence-electron chi connectivity index (χ3n) is 6.16. The zero-order valence-electron chi connectivity index (χ0n) is 17.1. The van der Waals surface area contributed by atoms with Crippen LogP contribution in [0.4, 0.5) is 17.7 Å². The number of fused-ring (bicyclic) bond motifs is 1. The molecule has 1 fully saturated rings. The van der Waals surface area contributed by atoms with Gasteiger partial charge in [0.15, 0.2) is 0 Å². The molecule has 0 atom stereocenters. The first-order chi connectivity index (χ1) is 13.4. The van der Waals surface area contributed by atoms with Crippen LogP contribution in [0.25, 0.3) is 11.3 Å². The zero-order valence-corrected chi connectivity index (χ0v) is 17.1. The predicted molar refractivity (Wildman–Crippen MR) is 110 cm³/mol. The highest BCUT2D eigenvalue weighted by Crippen LogP contribution is 2.40. The van der Waals surface area contributed by atoms with E-state index in [-0.39, 0.29) is 11.5 Å². The summed E-state index contributed by atoms with van der Waals surface area (Å²) in [6.07, 6.45) is 4.42. The molecule has 0 bridgehead atoms. The number of rotatable bonds is 4. The molecule has 0 radical (unpaired) electrons. The van der Waals surface area contributed by atoms with Crippen LogP contribution in [-0.4, -0.2) is 58.3 Å². The van der Waals surface area contributed by atoms with Crippen LogP contribution in [0.1, 0.15) is 33.3 Å². The number of anilines is 3. The zero-order chi connectivity index (χ0) is 19.9. The van der Waals surface area contributed by atoms with E-state index >= 15 is 0 Å². The molecule has 4 rings (SSSR count). The van der Waals surface area contributed by atoms with Gasteiger partial charge in [-0.15, -0.1) is 0 Å². The molecule has 0 aliphatic carbocycles. The van der Waals surface area contributed by atoms with Crippen molar-refractivity contribution < 1.29 is 4.74 Å². The van der Waals surface area contributed by atoms with Crippen LogP contribution in [0.3, 0.4) is 0 Å². The number of morpholine rings is 1. The summed E-state index contributed by atoms with van der Waals surface area (Å²) in [5.41, 5.74) is 8.65. The molecule has 0 unspecified atom stereocenters. The summed E-state index contributed by atoms with van der Waals surface area (Å²) in [7, 11) is 0. The van der Waals surface area contributed by atoms with Crippen molar-refractivity contribution in [3.8, 4) is 11.3 Å². The second kappa shape index (κ2) is 7.16. The van der Waals surface area contributed by atoms with Crippen molar-refractivity contribution in [1.82, 2.24) is 19.9 Å². The summed E-state index contributed by atoms with van der Waals surface area (Å²) in [6, 6.07) is 0. The van der Waals surface area contributed by atoms with Crippen molar-refractivity contribution in [1.29, 1.82) is 0 Å². The van der Waals surface area contributed by atoms with E-state index in [0.717, 1.165) is 49.1 Å². The van der Waals surface area contributed by atoms with Crippen LogP contribution in [0.15, 0.2) is 12.4 Å². The molecule has 8 heteroatoms. The first-order valence-electron chi connectivity index (χ1n) is 9.97. The SMILES string of the molecule is CC(C)C(C)(C)N1CCc2c(-c3cnc(N)nc3)nc(N3CCOCC3)nc21. The third-order valence-corrected chi connectivity index (χ3v) is 6.16. The topological polar surface area (TPSA) is 93.3 Å². The Bertz CT molecular complexity index is 844. The largest absolute Gasteiger partial charge is 0.378 e. The van der Waals surface area contributed by atoms with Gasteiger partial charge in [0.1, 0.15) is 5.82 Å². The molecule has 28 heavy (non-hydrogen) atoms. The fourth-order valence-electron chi connectivity index (χ4n) is 3.72. The van der Waals surface area contributed by atoms with Gasteiger partial charge in [0, 0.05) is 48.7 Å². The fraction of sp³-hybridized carbons (Fsp3) is 0.600. The number of ether oxygens (including phenoxy) is 1. The molecule has 2 N–H and O–H groups in total. The quantitative estimate of drug-likeness (QED) is 0.858. The summed E-state index contributed by atoms with van der Waals surface area (Å²) >= 11 is 0. The standard InChI is InChI=1S/C20H29N7O/c1-13(2)20(3,4)27-6-5-15-16(14-11-22-18(21)23-12-14)24-19(25-17(15)27)26-7-9-28-10-8-26/h11-13H,5-10H2,1-4H3,(H2,21,22,23). The lowest BCUT2D eigenvalue weighted by Gasteiger charge is -2.40. The van der Waals surface area contributed by atoms with Crippen molar-refractivity contribution >= 4 is 17.7 Å². The molecular weight excluding hydrogens is 354 g/mol. The summed E-state index contributed by atoms with van der Waals surface area (Å²) in [5, 5.41) is 0. The van der Waals surface area contributed by atoms with Crippen molar-refractivity contribution in [2.24, 2.45) is 5.92 Å². The van der Waals surface area contributed by atoms with Gasteiger partial charge in [-0.1, -0.05) is 13.8 Å². The second-order valence-corrected chi connectivity index (χ2v) is 8.31. The van der Waals surface area contributed by atoms with Gasteiger partial charge in [0.25, 0.3) is 0 Å². The summed E-state index contributed by atoms with van der Waals surface area (Å²) in [4.78, 5) is 23.0. The van der Waals surface area contributed by atoms with Crippen molar-refractivity contribution in [2.45, 2.75) is 39.7 Å². The first-order valence-corrected chi connectivity index (χ1v) is 9.97. The average Bonchev–Trinajstić information content (AvgIpc) is 3.13. The first kappa shape index (κ1) is 18.9. The van der Waals surface area contributed by atoms with Crippen molar-refractivity contribution in [3.05, 3.63) is 18.0 Å². The van der Waals surface area contributed by atoms with Crippen LogP contribution >= 0.6 is 0 Å². The van der Waals surface area contributed by atoms with E-state index in [1.165, 1.54) is 5.56 Å². The molecule has 2 aliphatic heterocycles. The molecule has 4 heterocycles. The summed E-state index contributed by atoms with van der Waals surface area (Å²) in [5.74, 6) is 2.54. The third kappa shape index (κ3) is 3.26. The maximum Gasteiger partial charge on any atom is 0.228 e. The number of hydrogen-bond donors (Lipinski definition) is 1. The molecule has 1 saturated heterocycles. The van der Waals surface area contributed by atoms with Crippen LogP contribution < -0.4 is 15.5 Å². The molecule has 2 aliphatic rings. The van der Waals surface area contributed by atoms with Gasteiger partial charge in [0.05, 0.1) is 18.9 Å². The lowest BCUT2D eigenvalue weighted by atomic mass is 9.89. The molecule has 0 amide bonds. The van der Waals surface area contributed by atoms with Crippen LogP contribution in [0.2, 0.25) is 0 Å². The van der Waals surface area contributed by atoms with Crippen LogP contribution in [0.5, 0.6) is 0 Å². The van der Waals surface area contributed by atoms with Crippen LogP contribution in [0, 0.1) is 5.92 Å². The number of nitrogens with zero attached hydrogens (tertiary/aromatic N) is 6. The smallest absolute Gasteiger partial charge is 0.228 e. The number of aromatic nitrogens is 4. The van der Waals surface area contributed by atoms with Gasteiger partial charge in [0.2, 0.25) is 11.9 Å². The Labute approximate surface area is 166 Å². The molecule has 150 valence electrons. The van der Waals surface area contributed by atoms with E-state index in [9.17, 15) is 0 Å². The molecule has 8 nitrogen and oxygen atoms in total. The average molecular weight is 384 g/mol. The maximum absolute atomic E-state index is 5.69. The van der Waals surface area contributed by atoms with E-state index in [1.807, 2.05) is 0 Å². The van der Waals surface area contributed by atoms with Gasteiger partial charge < -0.3 is 20.3 Å². The number of nitrogens with two attached hydrogens (primary N) is 1.